The largest absolute Gasteiger partial charge is 0.573 e. The first-order valence-corrected chi connectivity index (χ1v) is 5.59. The van der Waals surface area contributed by atoms with Gasteiger partial charge in [0.15, 0.2) is 0 Å². The van der Waals surface area contributed by atoms with E-state index in [9.17, 15) is 13.2 Å². The molecule has 0 radical (unpaired) electrons. The quantitative estimate of drug-likeness (QED) is 0.783. The molecule has 100 valence electrons. The van der Waals surface area contributed by atoms with Gasteiger partial charge in [-0.2, -0.15) is 0 Å². The number of aryl methyl sites for hydroxylation is 1. The number of hydrogen-bond donors (Lipinski definition) is 0. The van der Waals surface area contributed by atoms with Crippen molar-refractivity contribution in [3.8, 4) is 16.9 Å². The first-order chi connectivity index (χ1) is 8.87. The number of nitrogens with zero attached hydrogens (tertiary/aromatic N) is 2. The molecule has 0 aliphatic rings. The first kappa shape index (κ1) is 13.6. The smallest absolute Gasteiger partial charge is 0.405 e. The summed E-state index contributed by atoms with van der Waals surface area (Å²) < 4.78 is 41.0. The molecule has 1 aromatic carbocycles. The van der Waals surface area contributed by atoms with Crippen molar-refractivity contribution in [2.45, 2.75) is 13.3 Å². The molecular formula is C12H8ClF3N2O. The zero-order valence-electron chi connectivity index (χ0n) is 9.70. The Morgan fingerprint density at radius 3 is 2.47 bits per heavy atom. The number of alkyl halides is 3. The van der Waals surface area contributed by atoms with Crippen molar-refractivity contribution < 1.29 is 17.9 Å². The van der Waals surface area contributed by atoms with Gasteiger partial charge in [0.2, 0.25) is 5.28 Å². The SMILES string of the molecule is Cc1nc(Cl)ncc1-c1ccccc1OC(F)(F)F. The van der Waals surface area contributed by atoms with Crippen molar-refractivity contribution in [1.82, 2.24) is 9.97 Å². The molecule has 0 aliphatic heterocycles. The van der Waals surface area contributed by atoms with Gasteiger partial charge < -0.3 is 4.74 Å². The van der Waals surface area contributed by atoms with Crippen molar-refractivity contribution >= 4 is 11.6 Å². The Balaban J connectivity index is 2.50. The lowest BCUT2D eigenvalue weighted by molar-refractivity contribution is -0.274. The molecule has 0 fully saturated rings. The summed E-state index contributed by atoms with van der Waals surface area (Å²) in [4.78, 5) is 7.68. The van der Waals surface area contributed by atoms with Crippen LogP contribution >= 0.6 is 11.6 Å². The summed E-state index contributed by atoms with van der Waals surface area (Å²) in [7, 11) is 0. The number of para-hydroxylation sites is 1. The monoisotopic (exact) mass is 288 g/mol. The van der Waals surface area contributed by atoms with E-state index in [1.807, 2.05) is 0 Å². The second kappa shape index (κ2) is 5.05. The fourth-order valence-corrected chi connectivity index (χ4v) is 1.78. The molecule has 0 aliphatic carbocycles. The number of rotatable bonds is 2. The van der Waals surface area contributed by atoms with Crippen LogP contribution in [-0.4, -0.2) is 16.3 Å². The summed E-state index contributed by atoms with van der Waals surface area (Å²) in [5, 5.41) is 0.0375. The predicted molar refractivity (Wildman–Crippen MR) is 63.9 cm³/mol. The van der Waals surface area contributed by atoms with E-state index >= 15 is 0 Å². The molecule has 1 heterocycles. The van der Waals surface area contributed by atoms with Crippen LogP contribution < -0.4 is 4.74 Å². The molecule has 0 unspecified atom stereocenters. The highest BCUT2D eigenvalue weighted by molar-refractivity contribution is 6.28. The Kier molecular flexibility index (Phi) is 3.61. The van der Waals surface area contributed by atoms with Gasteiger partial charge in [-0.15, -0.1) is 13.2 Å². The molecule has 0 saturated heterocycles. The Hall–Kier alpha value is -1.82. The minimum absolute atomic E-state index is 0.0375. The van der Waals surface area contributed by atoms with Gasteiger partial charge in [0.1, 0.15) is 5.75 Å². The predicted octanol–water partition coefficient (Wildman–Crippen LogP) is 4.00. The normalized spacial score (nSPS) is 11.4. The van der Waals surface area contributed by atoms with Gasteiger partial charge in [-0.3, -0.25) is 0 Å². The fourth-order valence-electron chi connectivity index (χ4n) is 1.61. The highest BCUT2D eigenvalue weighted by Gasteiger charge is 2.32. The third kappa shape index (κ3) is 3.35. The Morgan fingerprint density at radius 2 is 1.84 bits per heavy atom. The van der Waals surface area contributed by atoms with Crippen molar-refractivity contribution in [2.75, 3.05) is 0 Å². The van der Waals surface area contributed by atoms with Crippen LogP contribution in [0.3, 0.4) is 0 Å². The maximum absolute atomic E-state index is 12.3. The van der Waals surface area contributed by atoms with Crippen LogP contribution in [0.5, 0.6) is 5.75 Å². The third-order valence-electron chi connectivity index (χ3n) is 2.35. The van der Waals surface area contributed by atoms with Crippen molar-refractivity contribution in [3.63, 3.8) is 0 Å². The van der Waals surface area contributed by atoms with Gasteiger partial charge in [0, 0.05) is 17.3 Å². The molecule has 1 aromatic heterocycles. The van der Waals surface area contributed by atoms with Gasteiger partial charge in [-0.25, -0.2) is 9.97 Å². The maximum atomic E-state index is 12.3. The van der Waals surface area contributed by atoms with Gasteiger partial charge >= 0.3 is 6.36 Å². The fraction of sp³-hybridized carbons (Fsp3) is 0.167. The van der Waals surface area contributed by atoms with Gasteiger partial charge in [-0.1, -0.05) is 18.2 Å². The zero-order valence-corrected chi connectivity index (χ0v) is 10.5. The van der Waals surface area contributed by atoms with E-state index in [-0.39, 0.29) is 16.6 Å². The van der Waals surface area contributed by atoms with Crippen LogP contribution in [0, 0.1) is 6.92 Å². The molecule has 0 atom stereocenters. The summed E-state index contributed by atoms with van der Waals surface area (Å²) in [6, 6.07) is 5.79. The Labute approximate surface area is 112 Å². The summed E-state index contributed by atoms with van der Waals surface area (Å²) >= 11 is 5.62. The molecule has 2 aromatic rings. The molecule has 2 rings (SSSR count). The molecular weight excluding hydrogens is 281 g/mol. The maximum Gasteiger partial charge on any atom is 0.573 e. The molecule has 19 heavy (non-hydrogen) atoms. The minimum atomic E-state index is -4.75. The Morgan fingerprint density at radius 1 is 1.16 bits per heavy atom. The molecule has 0 N–H and O–H groups in total. The summed E-state index contributed by atoms with van der Waals surface area (Å²) in [5.41, 5.74) is 1.16. The summed E-state index contributed by atoms with van der Waals surface area (Å²) in [6.45, 7) is 1.63. The number of ether oxygens (including phenoxy) is 1. The van der Waals surface area contributed by atoms with Gasteiger partial charge in [-0.05, 0) is 24.6 Å². The van der Waals surface area contributed by atoms with Gasteiger partial charge in [0.05, 0.1) is 5.69 Å². The van der Waals surface area contributed by atoms with Crippen LogP contribution in [0.15, 0.2) is 30.5 Å². The molecule has 0 spiro atoms. The molecule has 0 amide bonds. The lowest BCUT2D eigenvalue weighted by Crippen LogP contribution is -2.17. The lowest BCUT2D eigenvalue weighted by atomic mass is 10.1. The van der Waals surface area contributed by atoms with Crippen LogP contribution in [-0.2, 0) is 0 Å². The third-order valence-corrected chi connectivity index (χ3v) is 2.53. The second-order valence-corrected chi connectivity index (χ2v) is 4.02. The average molecular weight is 289 g/mol. The van der Waals surface area contributed by atoms with Crippen LogP contribution in [0.1, 0.15) is 5.69 Å². The Bertz CT molecular complexity index is 602. The first-order valence-electron chi connectivity index (χ1n) is 5.21. The van der Waals surface area contributed by atoms with Gasteiger partial charge in [0.25, 0.3) is 0 Å². The number of aromatic nitrogens is 2. The molecule has 3 nitrogen and oxygen atoms in total. The van der Waals surface area contributed by atoms with Crippen LogP contribution in [0.4, 0.5) is 13.2 Å². The van der Waals surface area contributed by atoms with E-state index in [0.717, 1.165) is 0 Å². The second-order valence-electron chi connectivity index (χ2n) is 3.68. The number of hydrogen-bond acceptors (Lipinski definition) is 3. The number of benzene rings is 1. The average Bonchev–Trinajstić information content (AvgIpc) is 2.28. The number of halogens is 4. The molecule has 0 saturated carbocycles. The summed E-state index contributed by atoms with van der Waals surface area (Å²) in [6.07, 6.45) is -3.39. The van der Waals surface area contributed by atoms with E-state index in [4.69, 9.17) is 11.6 Å². The summed E-state index contributed by atoms with van der Waals surface area (Å²) in [5.74, 6) is -0.302. The highest BCUT2D eigenvalue weighted by Crippen LogP contribution is 2.34. The lowest BCUT2D eigenvalue weighted by Gasteiger charge is -2.14. The van der Waals surface area contributed by atoms with E-state index in [1.54, 1.807) is 13.0 Å². The standard InChI is InChI=1S/C12H8ClF3N2O/c1-7-9(6-17-11(13)18-7)8-4-2-3-5-10(8)19-12(14,15)16/h2-6H,1H3. The van der Waals surface area contributed by atoms with Crippen molar-refractivity contribution in [2.24, 2.45) is 0 Å². The molecule has 7 heteroatoms. The van der Waals surface area contributed by atoms with Crippen LogP contribution in [0.25, 0.3) is 11.1 Å². The van der Waals surface area contributed by atoms with Crippen LogP contribution in [0.2, 0.25) is 5.28 Å². The zero-order chi connectivity index (χ0) is 14.0. The van der Waals surface area contributed by atoms with E-state index in [2.05, 4.69) is 14.7 Å². The topological polar surface area (TPSA) is 35.0 Å². The van der Waals surface area contributed by atoms with E-state index < -0.39 is 6.36 Å². The minimum Gasteiger partial charge on any atom is -0.405 e. The van der Waals surface area contributed by atoms with Crippen molar-refractivity contribution in [3.05, 3.63) is 41.4 Å². The van der Waals surface area contributed by atoms with E-state index in [1.165, 1.54) is 24.4 Å². The van der Waals surface area contributed by atoms with E-state index in [0.29, 0.717) is 11.3 Å². The molecule has 0 bridgehead atoms. The van der Waals surface area contributed by atoms with Crippen molar-refractivity contribution in [1.29, 1.82) is 0 Å². The highest BCUT2D eigenvalue weighted by atomic mass is 35.5.